The van der Waals surface area contributed by atoms with Crippen LogP contribution in [-0.4, -0.2) is 19.8 Å². The predicted octanol–water partition coefficient (Wildman–Crippen LogP) is 7.20. The van der Waals surface area contributed by atoms with Gasteiger partial charge in [0.25, 0.3) is 0 Å². The number of pyridine rings is 1. The summed E-state index contributed by atoms with van der Waals surface area (Å²) in [4.78, 5) is 4.41. The molecule has 7 heteroatoms. The van der Waals surface area contributed by atoms with E-state index >= 15 is 0 Å². The fraction of sp³-hybridized carbons (Fsp3) is 0.476. The van der Waals surface area contributed by atoms with E-state index in [-0.39, 0.29) is 6.10 Å². The van der Waals surface area contributed by atoms with Gasteiger partial charge < -0.3 is 9.74 Å². The van der Waals surface area contributed by atoms with Crippen LogP contribution in [0.2, 0.25) is 33.3 Å². The molecule has 0 amide bonds. The molecule has 1 aromatic carbocycles. The quantitative estimate of drug-likeness (QED) is 0.301. The Hall–Kier alpha value is -0.623. The van der Waals surface area contributed by atoms with Crippen molar-refractivity contribution < 1.29 is 4.43 Å². The zero-order chi connectivity index (χ0) is 20.7. The minimum absolute atomic E-state index is 0.230. The van der Waals surface area contributed by atoms with Crippen molar-refractivity contribution in [1.29, 1.82) is 0 Å². The highest BCUT2D eigenvalue weighted by atomic mass is 35.5. The Balaban J connectivity index is 2.24. The summed E-state index contributed by atoms with van der Waals surface area (Å²) in [6, 6.07) is 12.8. The van der Waals surface area contributed by atoms with Gasteiger partial charge in [-0.2, -0.15) is 0 Å². The van der Waals surface area contributed by atoms with Crippen LogP contribution in [0, 0.1) is 6.92 Å². The minimum Gasteiger partial charge on any atom is -0.408 e. The van der Waals surface area contributed by atoms with E-state index in [1.165, 1.54) is 0 Å². The van der Waals surface area contributed by atoms with Crippen LogP contribution in [0.5, 0.6) is 0 Å². The summed E-state index contributed by atoms with van der Waals surface area (Å²) in [5.41, 5.74) is 2.74. The SMILES string of the molecule is CC[Si](CC)(CC)OC(CNCc1ccc(Cl)cc1)c1c(Cl)cc(C)nc1Cl. The summed E-state index contributed by atoms with van der Waals surface area (Å²) >= 11 is 19.0. The summed E-state index contributed by atoms with van der Waals surface area (Å²) in [6.07, 6.45) is -0.230. The number of nitrogens with zero attached hydrogens (tertiary/aromatic N) is 1. The van der Waals surface area contributed by atoms with E-state index in [1.54, 1.807) is 0 Å². The van der Waals surface area contributed by atoms with Crippen molar-refractivity contribution in [2.45, 2.75) is 58.5 Å². The maximum Gasteiger partial charge on any atom is 0.192 e. The van der Waals surface area contributed by atoms with Gasteiger partial charge >= 0.3 is 0 Å². The Morgan fingerprint density at radius 1 is 1.04 bits per heavy atom. The van der Waals surface area contributed by atoms with Crippen molar-refractivity contribution >= 4 is 43.1 Å². The molecule has 2 aromatic rings. The summed E-state index contributed by atoms with van der Waals surface area (Å²) in [7, 11) is -1.86. The molecule has 0 fully saturated rings. The van der Waals surface area contributed by atoms with E-state index in [9.17, 15) is 0 Å². The van der Waals surface area contributed by atoms with Gasteiger partial charge in [-0.15, -0.1) is 0 Å². The van der Waals surface area contributed by atoms with Crippen molar-refractivity contribution in [3.05, 3.63) is 62.4 Å². The first-order valence-corrected chi connectivity index (χ1v) is 13.5. The number of hydrogen-bond donors (Lipinski definition) is 1. The third kappa shape index (κ3) is 6.19. The fourth-order valence-corrected chi connectivity index (χ4v) is 7.05. The van der Waals surface area contributed by atoms with Crippen LogP contribution >= 0.6 is 34.8 Å². The second-order valence-corrected chi connectivity index (χ2v) is 13.0. The van der Waals surface area contributed by atoms with Crippen molar-refractivity contribution in [3.8, 4) is 0 Å². The van der Waals surface area contributed by atoms with Crippen LogP contribution < -0.4 is 5.32 Å². The molecular weight excluding hydrogens is 431 g/mol. The van der Waals surface area contributed by atoms with Gasteiger partial charge in [0.15, 0.2) is 8.32 Å². The van der Waals surface area contributed by atoms with Gasteiger partial charge in [0.05, 0.1) is 11.1 Å². The molecular formula is C21H29Cl3N2OSi. The maximum atomic E-state index is 6.78. The highest BCUT2D eigenvalue weighted by molar-refractivity contribution is 6.73. The normalized spacial score (nSPS) is 13.0. The summed E-state index contributed by atoms with van der Waals surface area (Å²) in [6.45, 7) is 9.86. The number of aromatic nitrogens is 1. The highest BCUT2D eigenvalue weighted by Crippen LogP contribution is 2.36. The molecule has 0 bridgehead atoms. The Morgan fingerprint density at radius 3 is 2.18 bits per heavy atom. The standard InChI is InChI=1S/C21H29Cl3N2OSi/c1-5-28(6-2,7-3)27-19(20-18(23)12-15(4)26-21(20)24)14-25-13-16-8-10-17(22)11-9-16/h8-12,19,25H,5-7,13-14H2,1-4H3. The van der Waals surface area contributed by atoms with Crippen molar-refractivity contribution in [3.63, 3.8) is 0 Å². The highest BCUT2D eigenvalue weighted by Gasteiger charge is 2.34. The Bertz CT molecular complexity index is 735. The Morgan fingerprint density at radius 2 is 1.64 bits per heavy atom. The zero-order valence-corrected chi connectivity index (χ0v) is 20.3. The largest absolute Gasteiger partial charge is 0.408 e. The van der Waals surface area contributed by atoms with Crippen molar-refractivity contribution in [1.82, 2.24) is 10.3 Å². The molecule has 0 aliphatic heterocycles. The minimum atomic E-state index is -1.86. The van der Waals surface area contributed by atoms with Gasteiger partial charge in [0, 0.05) is 29.4 Å². The number of aryl methyl sites for hydroxylation is 1. The van der Waals surface area contributed by atoms with Crippen LogP contribution in [-0.2, 0) is 11.0 Å². The lowest BCUT2D eigenvalue weighted by atomic mass is 10.1. The second-order valence-electron chi connectivity index (χ2n) is 7.06. The second kappa shape index (κ2) is 11.0. The van der Waals surface area contributed by atoms with Gasteiger partial charge in [-0.1, -0.05) is 67.7 Å². The third-order valence-corrected chi connectivity index (χ3v) is 10.8. The predicted molar refractivity (Wildman–Crippen MR) is 123 cm³/mol. The zero-order valence-electron chi connectivity index (χ0n) is 17.0. The Kier molecular flexibility index (Phi) is 9.25. The van der Waals surface area contributed by atoms with Gasteiger partial charge in [-0.3, -0.25) is 0 Å². The van der Waals surface area contributed by atoms with Crippen LogP contribution in [0.4, 0.5) is 0 Å². The topological polar surface area (TPSA) is 34.1 Å². The molecule has 0 saturated carbocycles. The third-order valence-electron chi connectivity index (χ3n) is 5.31. The van der Waals surface area contributed by atoms with Crippen LogP contribution in [0.3, 0.4) is 0 Å². The molecule has 1 unspecified atom stereocenters. The molecule has 1 atom stereocenters. The first kappa shape index (κ1) is 23.7. The number of benzene rings is 1. The average molecular weight is 460 g/mol. The average Bonchev–Trinajstić information content (AvgIpc) is 2.66. The first-order valence-electron chi connectivity index (χ1n) is 9.79. The van der Waals surface area contributed by atoms with E-state index in [1.807, 2.05) is 37.3 Å². The van der Waals surface area contributed by atoms with Gasteiger partial charge in [0.1, 0.15) is 5.15 Å². The molecule has 1 aromatic heterocycles. The first-order chi connectivity index (χ1) is 13.3. The fourth-order valence-electron chi connectivity index (χ4n) is 3.35. The van der Waals surface area contributed by atoms with Gasteiger partial charge in [0.2, 0.25) is 0 Å². The van der Waals surface area contributed by atoms with Crippen molar-refractivity contribution in [2.75, 3.05) is 6.54 Å². The van der Waals surface area contributed by atoms with E-state index in [0.29, 0.717) is 23.3 Å². The van der Waals surface area contributed by atoms with E-state index < -0.39 is 8.32 Å². The molecule has 0 spiro atoms. The van der Waals surface area contributed by atoms with E-state index in [4.69, 9.17) is 39.2 Å². The summed E-state index contributed by atoms with van der Waals surface area (Å²) in [5.74, 6) is 0. The molecule has 2 rings (SSSR count). The molecule has 1 N–H and O–H groups in total. The van der Waals surface area contributed by atoms with E-state index in [2.05, 4.69) is 31.1 Å². The van der Waals surface area contributed by atoms with E-state index in [0.717, 1.165) is 40.0 Å². The molecule has 0 aliphatic carbocycles. The van der Waals surface area contributed by atoms with Crippen molar-refractivity contribution in [2.24, 2.45) is 0 Å². The number of rotatable bonds is 10. The maximum absolute atomic E-state index is 6.78. The van der Waals surface area contributed by atoms with Crippen LogP contribution in [0.15, 0.2) is 30.3 Å². The summed E-state index contributed by atoms with van der Waals surface area (Å²) in [5, 5.41) is 5.27. The number of nitrogens with one attached hydrogen (secondary N) is 1. The molecule has 0 radical (unpaired) electrons. The molecule has 3 nitrogen and oxygen atoms in total. The lowest BCUT2D eigenvalue weighted by molar-refractivity contribution is 0.185. The lowest BCUT2D eigenvalue weighted by Gasteiger charge is -2.34. The molecule has 0 saturated heterocycles. The van der Waals surface area contributed by atoms with Crippen LogP contribution in [0.1, 0.15) is 43.7 Å². The Labute approximate surface area is 184 Å². The van der Waals surface area contributed by atoms with Gasteiger partial charge in [-0.05, 0) is 48.8 Å². The number of hydrogen-bond acceptors (Lipinski definition) is 3. The summed E-state index contributed by atoms with van der Waals surface area (Å²) < 4.78 is 6.78. The monoisotopic (exact) mass is 458 g/mol. The molecule has 1 heterocycles. The molecule has 154 valence electrons. The number of halogens is 3. The molecule has 0 aliphatic rings. The smallest absolute Gasteiger partial charge is 0.192 e. The van der Waals surface area contributed by atoms with Gasteiger partial charge in [-0.25, -0.2) is 4.98 Å². The molecule has 28 heavy (non-hydrogen) atoms. The van der Waals surface area contributed by atoms with Crippen LogP contribution in [0.25, 0.3) is 0 Å². The lowest BCUT2D eigenvalue weighted by Crippen LogP contribution is -2.40.